The summed E-state index contributed by atoms with van der Waals surface area (Å²) in [4.78, 5) is 13.9. The number of rotatable bonds is 7. The van der Waals surface area contributed by atoms with E-state index < -0.39 is 10.0 Å². The van der Waals surface area contributed by atoms with Crippen LogP contribution in [-0.2, 0) is 10.0 Å². The molecule has 1 aromatic rings. The minimum absolute atomic E-state index is 0. The summed E-state index contributed by atoms with van der Waals surface area (Å²) >= 11 is 0. The van der Waals surface area contributed by atoms with Crippen LogP contribution >= 0.6 is 12.4 Å². The molecule has 0 aliphatic rings. The Bertz CT molecular complexity index is 656. The second kappa shape index (κ2) is 8.84. The number of amides is 1. The number of aryl methyl sites for hydroxylation is 1. The fourth-order valence-electron chi connectivity index (χ4n) is 1.99. The van der Waals surface area contributed by atoms with Crippen LogP contribution in [0.4, 0.5) is 0 Å². The molecule has 1 aromatic heterocycles. The first-order chi connectivity index (χ1) is 10.5. The van der Waals surface area contributed by atoms with Crippen LogP contribution in [0.15, 0.2) is 15.4 Å². The molecule has 2 N–H and O–H groups in total. The molecule has 24 heavy (non-hydrogen) atoms. The summed E-state index contributed by atoms with van der Waals surface area (Å²) < 4.78 is 30.8. The molecule has 1 unspecified atom stereocenters. The van der Waals surface area contributed by atoms with Crippen LogP contribution in [0.25, 0.3) is 0 Å². The maximum Gasteiger partial charge on any atom is 0.289 e. The van der Waals surface area contributed by atoms with Crippen molar-refractivity contribution >= 4 is 28.3 Å². The van der Waals surface area contributed by atoms with Crippen LogP contribution in [0.1, 0.15) is 36.6 Å². The summed E-state index contributed by atoms with van der Waals surface area (Å²) in [6, 6.07) is 1.29. The lowest BCUT2D eigenvalue weighted by molar-refractivity contribution is 0.0756. The third-order valence-electron chi connectivity index (χ3n) is 3.84. The van der Waals surface area contributed by atoms with Gasteiger partial charge in [0.15, 0.2) is 5.76 Å². The number of furan rings is 1. The zero-order chi connectivity index (χ0) is 17.9. The maximum absolute atomic E-state index is 12.4. The number of carbonyl (C=O) groups is 1. The van der Waals surface area contributed by atoms with Crippen molar-refractivity contribution in [3.63, 3.8) is 0 Å². The van der Waals surface area contributed by atoms with Crippen LogP contribution in [0, 0.1) is 12.8 Å². The zero-order valence-electron chi connectivity index (χ0n) is 15.1. The van der Waals surface area contributed by atoms with Gasteiger partial charge in [0.05, 0.1) is 0 Å². The third-order valence-corrected chi connectivity index (χ3v) is 5.77. The van der Waals surface area contributed by atoms with E-state index in [1.54, 1.807) is 7.05 Å². The highest BCUT2D eigenvalue weighted by Crippen LogP contribution is 2.23. The van der Waals surface area contributed by atoms with E-state index in [0.717, 1.165) is 4.31 Å². The van der Waals surface area contributed by atoms with Gasteiger partial charge in [-0.05, 0) is 19.3 Å². The Balaban J connectivity index is 0.00000529. The highest BCUT2D eigenvalue weighted by molar-refractivity contribution is 7.89. The molecule has 1 amide bonds. The summed E-state index contributed by atoms with van der Waals surface area (Å²) in [6.45, 7) is 6.07. The summed E-state index contributed by atoms with van der Waals surface area (Å²) in [5.41, 5.74) is 5.98. The van der Waals surface area contributed by atoms with Crippen molar-refractivity contribution in [2.45, 2.75) is 38.1 Å². The van der Waals surface area contributed by atoms with Crippen LogP contribution < -0.4 is 5.73 Å². The highest BCUT2D eigenvalue weighted by atomic mass is 35.5. The van der Waals surface area contributed by atoms with Crippen molar-refractivity contribution in [1.29, 1.82) is 0 Å². The van der Waals surface area contributed by atoms with E-state index >= 15 is 0 Å². The van der Waals surface area contributed by atoms with Gasteiger partial charge < -0.3 is 15.1 Å². The lowest BCUT2D eigenvalue weighted by Gasteiger charge is -2.20. The second-order valence-electron chi connectivity index (χ2n) is 6.24. The number of halogens is 1. The predicted octanol–water partition coefficient (Wildman–Crippen LogP) is 1.71. The number of nitrogens with two attached hydrogens (primary N) is 1. The van der Waals surface area contributed by atoms with Gasteiger partial charge in [-0.3, -0.25) is 4.79 Å². The molecule has 1 heterocycles. The van der Waals surface area contributed by atoms with Gasteiger partial charge in [-0.2, -0.15) is 0 Å². The van der Waals surface area contributed by atoms with Gasteiger partial charge in [0, 0.05) is 39.8 Å². The molecule has 9 heteroatoms. The van der Waals surface area contributed by atoms with Gasteiger partial charge >= 0.3 is 0 Å². The monoisotopic (exact) mass is 381 g/mol. The molecule has 0 radical (unpaired) electrons. The number of nitrogens with zero attached hydrogens (tertiary/aromatic N) is 2. The molecule has 0 bridgehead atoms. The second-order valence-corrected chi connectivity index (χ2v) is 8.36. The summed E-state index contributed by atoms with van der Waals surface area (Å²) in [7, 11) is 0.879. The Morgan fingerprint density at radius 1 is 1.29 bits per heavy atom. The Labute approximate surface area is 150 Å². The molecule has 7 nitrogen and oxygen atoms in total. The number of hydrogen-bond donors (Lipinski definition) is 1. The standard InChI is InChI=1S/C15H27N3O4S.ClH/c1-10(2)12(16)7-8-18(6)15(19)13-9-14(11(3)22-13)23(20,21)17(4)5;/h9-10,12H,7-8,16H2,1-6H3;1H. The largest absolute Gasteiger partial charge is 0.455 e. The van der Waals surface area contributed by atoms with Crippen molar-refractivity contribution in [2.24, 2.45) is 11.7 Å². The van der Waals surface area contributed by atoms with Crippen molar-refractivity contribution in [3.05, 3.63) is 17.6 Å². The molecule has 140 valence electrons. The van der Waals surface area contributed by atoms with Gasteiger partial charge in [0.2, 0.25) is 10.0 Å². The third kappa shape index (κ3) is 5.20. The normalized spacial score (nSPS) is 13.0. The van der Waals surface area contributed by atoms with E-state index in [2.05, 4.69) is 0 Å². The Hall–Kier alpha value is -1.09. The number of hydrogen-bond acceptors (Lipinski definition) is 5. The molecule has 1 rings (SSSR count). The molecule has 0 aliphatic carbocycles. The maximum atomic E-state index is 12.4. The average Bonchev–Trinajstić information content (AvgIpc) is 2.85. The van der Waals surface area contributed by atoms with Gasteiger partial charge in [-0.25, -0.2) is 12.7 Å². The minimum atomic E-state index is -3.63. The molecule has 0 spiro atoms. The zero-order valence-corrected chi connectivity index (χ0v) is 16.7. The Morgan fingerprint density at radius 2 is 1.83 bits per heavy atom. The van der Waals surface area contributed by atoms with Gasteiger partial charge in [0.1, 0.15) is 10.7 Å². The number of sulfonamides is 1. The van der Waals surface area contributed by atoms with Crippen LogP contribution in [0.3, 0.4) is 0 Å². The molecule has 0 saturated heterocycles. The molecule has 0 fully saturated rings. The lowest BCUT2D eigenvalue weighted by atomic mass is 10.0. The van der Waals surface area contributed by atoms with Crippen LogP contribution in [-0.4, -0.2) is 57.3 Å². The summed E-state index contributed by atoms with van der Waals surface area (Å²) in [5.74, 6) is 0.198. The molecular formula is C15H28ClN3O4S. The van der Waals surface area contributed by atoms with E-state index in [9.17, 15) is 13.2 Å². The molecule has 0 saturated carbocycles. The van der Waals surface area contributed by atoms with Crippen LogP contribution in [0.5, 0.6) is 0 Å². The first-order valence-electron chi connectivity index (χ1n) is 7.52. The van der Waals surface area contributed by atoms with Gasteiger partial charge in [0.25, 0.3) is 5.91 Å². The van der Waals surface area contributed by atoms with Crippen molar-refractivity contribution in [3.8, 4) is 0 Å². The first kappa shape index (κ1) is 22.9. The summed E-state index contributed by atoms with van der Waals surface area (Å²) in [5, 5.41) is 0. The quantitative estimate of drug-likeness (QED) is 0.775. The summed E-state index contributed by atoms with van der Waals surface area (Å²) in [6.07, 6.45) is 0.669. The number of carbonyl (C=O) groups excluding carboxylic acids is 1. The Kier molecular flexibility index (Phi) is 8.44. The molecular weight excluding hydrogens is 354 g/mol. The fourth-order valence-corrected chi connectivity index (χ4v) is 3.04. The van der Waals surface area contributed by atoms with Crippen molar-refractivity contribution < 1.29 is 17.6 Å². The topological polar surface area (TPSA) is 96.8 Å². The van der Waals surface area contributed by atoms with Crippen LogP contribution in [0.2, 0.25) is 0 Å². The molecule has 1 atom stereocenters. The first-order valence-corrected chi connectivity index (χ1v) is 8.96. The molecule has 0 aliphatic heterocycles. The van der Waals surface area contributed by atoms with Gasteiger partial charge in [-0.15, -0.1) is 12.4 Å². The van der Waals surface area contributed by atoms with Gasteiger partial charge in [-0.1, -0.05) is 13.8 Å². The fraction of sp³-hybridized carbons (Fsp3) is 0.667. The predicted molar refractivity (Wildman–Crippen MR) is 96.0 cm³/mol. The smallest absolute Gasteiger partial charge is 0.289 e. The van der Waals surface area contributed by atoms with E-state index in [-0.39, 0.29) is 40.8 Å². The van der Waals surface area contributed by atoms with E-state index in [0.29, 0.717) is 18.9 Å². The SMILES string of the molecule is Cc1oc(C(=O)N(C)CCC(N)C(C)C)cc1S(=O)(=O)N(C)C.Cl. The van der Waals surface area contributed by atoms with Crippen molar-refractivity contribution in [1.82, 2.24) is 9.21 Å². The lowest BCUT2D eigenvalue weighted by Crippen LogP contribution is -2.34. The Morgan fingerprint density at radius 3 is 2.29 bits per heavy atom. The van der Waals surface area contributed by atoms with Crippen molar-refractivity contribution in [2.75, 3.05) is 27.7 Å². The average molecular weight is 382 g/mol. The van der Waals surface area contributed by atoms with E-state index in [1.807, 2.05) is 13.8 Å². The highest BCUT2D eigenvalue weighted by Gasteiger charge is 2.27. The minimum Gasteiger partial charge on any atom is -0.455 e. The molecule has 0 aromatic carbocycles. The van der Waals surface area contributed by atoms with E-state index in [1.165, 1.54) is 32.0 Å². The van der Waals surface area contributed by atoms with E-state index in [4.69, 9.17) is 10.2 Å².